The minimum atomic E-state index is -0.765. The van der Waals surface area contributed by atoms with Gasteiger partial charge in [0.25, 0.3) is 0 Å². The Labute approximate surface area is 156 Å². The third-order valence-electron chi connectivity index (χ3n) is 4.02. The zero-order valence-corrected chi connectivity index (χ0v) is 14.9. The monoisotopic (exact) mass is 371 g/mol. The van der Waals surface area contributed by atoms with E-state index in [0.29, 0.717) is 16.4 Å². The van der Waals surface area contributed by atoms with E-state index < -0.39 is 12.1 Å². The minimum Gasteiger partial charge on any atom is -0.445 e. The Balaban J connectivity index is 1.68. The van der Waals surface area contributed by atoms with Gasteiger partial charge in [0.1, 0.15) is 18.3 Å². The number of fused-ring (bicyclic) bond motifs is 1. The van der Waals surface area contributed by atoms with Crippen LogP contribution in [0.3, 0.4) is 0 Å². The van der Waals surface area contributed by atoms with Crippen LogP contribution < -0.4 is 10.2 Å². The molecule has 1 atom stereocenters. The second kappa shape index (κ2) is 8.01. The average molecular weight is 372 g/mol. The highest BCUT2D eigenvalue weighted by molar-refractivity contribution is 6.34. The van der Waals surface area contributed by atoms with Crippen molar-refractivity contribution >= 4 is 41.2 Å². The van der Waals surface area contributed by atoms with Gasteiger partial charge in [0.15, 0.2) is 0 Å². The molecule has 1 aliphatic heterocycles. The number of anilines is 1. The van der Waals surface area contributed by atoms with Gasteiger partial charge in [0.05, 0.1) is 10.7 Å². The Hall–Kier alpha value is -2.86. The van der Waals surface area contributed by atoms with Gasteiger partial charge in [-0.05, 0) is 17.7 Å². The third kappa shape index (κ3) is 4.03. The molecule has 0 aliphatic carbocycles. The molecule has 7 heteroatoms. The Morgan fingerprint density at radius 3 is 2.81 bits per heavy atom. The lowest BCUT2D eigenvalue weighted by molar-refractivity contribution is -0.120. The van der Waals surface area contributed by atoms with Crippen LogP contribution in [0.4, 0.5) is 16.2 Å². The third-order valence-corrected chi connectivity index (χ3v) is 4.33. The molecule has 0 spiro atoms. The van der Waals surface area contributed by atoms with Crippen LogP contribution in [0, 0.1) is 0 Å². The number of halogens is 1. The molecule has 0 saturated carbocycles. The lowest BCUT2D eigenvalue weighted by atomic mass is 10.1. The first-order valence-electron chi connectivity index (χ1n) is 8.12. The Morgan fingerprint density at radius 1 is 1.27 bits per heavy atom. The molecule has 0 saturated heterocycles. The van der Waals surface area contributed by atoms with Crippen molar-refractivity contribution in [3.8, 4) is 0 Å². The molecule has 2 amide bonds. The molecule has 0 aromatic heterocycles. The zero-order chi connectivity index (χ0) is 18.5. The van der Waals surface area contributed by atoms with Gasteiger partial charge >= 0.3 is 6.09 Å². The SMILES string of the molecule is CN1C(=O)C(NC(=O)OCc2ccccc2)CC=Nc2c(Cl)cccc21. The van der Waals surface area contributed by atoms with Crippen LogP contribution in [0.5, 0.6) is 0 Å². The molecule has 3 rings (SSSR count). The fraction of sp³-hybridized carbons (Fsp3) is 0.211. The van der Waals surface area contributed by atoms with E-state index in [4.69, 9.17) is 16.3 Å². The number of para-hydroxylation sites is 1. The standard InChI is InChI=1S/C19H18ClN3O3/c1-23-16-9-5-8-14(20)17(16)21-11-10-15(18(23)24)22-19(25)26-12-13-6-3-2-4-7-13/h2-9,11,15H,10,12H2,1H3,(H,22,25). The van der Waals surface area contributed by atoms with Crippen LogP contribution in [0.15, 0.2) is 53.5 Å². The number of rotatable bonds is 3. The van der Waals surface area contributed by atoms with Gasteiger partial charge in [-0.25, -0.2) is 4.79 Å². The number of nitrogens with zero attached hydrogens (tertiary/aromatic N) is 2. The lowest BCUT2D eigenvalue weighted by Crippen LogP contribution is -2.48. The van der Waals surface area contributed by atoms with Crippen LogP contribution in [0.25, 0.3) is 0 Å². The largest absolute Gasteiger partial charge is 0.445 e. The molecule has 2 aromatic rings. The number of nitrogens with one attached hydrogen (secondary N) is 1. The number of ether oxygens (including phenoxy) is 1. The van der Waals surface area contributed by atoms with Gasteiger partial charge in [-0.1, -0.05) is 48.0 Å². The van der Waals surface area contributed by atoms with E-state index in [9.17, 15) is 9.59 Å². The molecular weight excluding hydrogens is 354 g/mol. The van der Waals surface area contributed by atoms with E-state index in [2.05, 4.69) is 10.3 Å². The first kappa shape index (κ1) is 17.9. The smallest absolute Gasteiger partial charge is 0.408 e. The van der Waals surface area contributed by atoms with Gasteiger partial charge in [0, 0.05) is 19.7 Å². The van der Waals surface area contributed by atoms with Crippen molar-refractivity contribution < 1.29 is 14.3 Å². The second-order valence-corrected chi connectivity index (χ2v) is 6.22. The van der Waals surface area contributed by atoms with Gasteiger partial charge in [-0.15, -0.1) is 0 Å². The summed E-state index contributed by atoms with van der Waals surface area (Å²) < 4.78 is 5.19. The van der Waals surface area contributed by atoms with Gasteiger partial charge in [0.2, 0.25) is 5.91 Å². The molecule has 1 N–H and O–H groups in total. The van der Waals surface area contributed by atoms with Crippen molar-refractivity contribution in [2.45, 2.75) is 19.1 Å². The quantitative estimate of drug-likeness (QED) is 0.894. The first-order chi connectivity index (χ1) is 12.6. The summed E-state index contributed by atoms with van der Waals surface area (Å²) in [5.41, 5.74) is 1.99. The number of hydrogen-bond donors (Lipinski definition) is 1. The number of aliphatic imine (C=N–C) groups is 1. The van der Waals surface area contributed by atoms with Crippen molar-refractivity contribution in [1.29, 1.82) is 0 Å². The van der Waals surface area contributed by atoms with Gasteiger partial charge < -0.3 is 15.0 Å². The van der Waals surface area contributed by atoms with Crippen molar-refractivity contribution in [1.82, 2.24) is 5.32 Å². The summed E-state index contributed by atoms with van der Waals surface area (Å²) in [5.74, 6) is -0.267. The predicted octanol–water partition coefficient (Wildman–Crippen LogP) is 3.70. The zero-order valence-electron chi connectivity index (χ0n) is 14.2. The normalized spacial score (nSPS) is 16.5. The van der Waals surface area contributed by atoms with Crippen LogP contribution in [-0.4, -0.2) is 31.3 Å². The fourth-order valence-electron chi connectivity index (χ4n) is 2.63. The maximum absolute atomic E-state index is 12.7. The average Bonchev–Trinajstić information content (AvgIpc) is 2.65. The van der Waals surface area contributed by atoms with Gasteiger partial charge in [-0.3, -0.25) is 9.79 Å². The molecule has 6 nitrogen and oxygen atoms in total. The molecule has 1 aliphatic rings. The number of benzene rings is 2. The fourth-order valence-corrected chi connectivity index (χ4v) is 2.85. The molecule has 1 heterocycles. The molecule has 26 heavy (non-hydrogen) atoms. The minimum absolute atomic E-state index is 0.135. The Kier molecular flexibility index (Phi) is 5.53. The number of alkyl carbamates (subject to hydrolysis) is 1. The Morgan fingerprint density at radius 2 is 2.04 bits per heavy atom. The van der Waals surface area contributed by atoms with Crippen molar-refractivity contribution in [3.63, 3.8) is 0 Å². The lowest BCUT2D eigenvalue weighted by Gasteiger charge is -2.26. The van der Waals surface area contributed by atoms with Crippen molar-refractivity contribution in [2.24, 2.45) is 4.99 Å². The maximum atomic E-state index is 12.7. The summed E-state index contributed by atoms with van der Waals surface area (Å²) in [5, 5.41) is 3.07. The number of carbonyl (C=O) groups is 2. The number of carbonyl (C=O) groups excluding carboxylic acids is 2. The van der Waals surface area contributed by atoms with Crippen molar-refractivity contribution in [3.05, 3.63) is 59.1 Å². The molecular formula is C19H18ClN3O3. The first-order valence-corrected chi connectivity index (χ1v) is 8.50. The van der Waals surface area contributed by atoms with E-state index in [1.165, 1.54) is 4.90 Å². The van der Waals surface area contributed by atoms with Gasteiger partial charge in [-0.2, -0.15) is 0 Å². The van der Waals surface area contributed by atoms with E-state index in [-0.39, 0.29) is 18.9 Å². The van der Waals surface area contributed by atoms with E-state index in [0.717, 1.165) is 5.56 Å². The molecule has 0 bridgehead atoms. The molecule has 0 radical (unpaired) electrons. The van der Waals surface area contributed by atoms with Crippen LogP contribution in [-0.2, 0) is 16.1 Å². The number of amides is 2. The highest BCUT2D eigenvalue weighted by Crippen LogP contribution is 2.36. The topological polar surface area (TPSA) is 71.0 Å². The molecule has 134 valence electrons. The van der Waals surface area contributed by atoms with E-state index >= 15 is 0 Å². The maximum Gasteiger partial charge on any atom is 0.408 e. The summed E-state index contributed by atoms with van der Waals surface area (Å²) in [4.78, 5) is 30.6. The summed E-state index contributed by atoms with van der Waals surface area (Å²) >= 11 is 6.16. The van der Waals surface area contributed by atoms with Crippen LogP contribution >= 0.6 is 11.6 Å². The van der Waals surface area contributed by atoms with Crippen LogP contribution in [0.2, 0.25) is 5.02 Å². The predicted molar refractivity (Wildman–Crippen MR) is 101 cm³/mol. The number of likely N-dealkylation sites (N-methyl/N-ethyl adjacent to an activating group) is 1. The highest BCUT2D eigenvalue weighted by atomic mass is 35.5. The summed E-state index contributed by atoms with van der Waals surface area (Å²) in [6.07, 6.45) is 1.17. The Bertz CT molecular complexity index is 839. The van der Waals surface area contributed by atoms with E-state index in [1.807, 2.05) is 30.3 Å². The summed E-state index contributed by atoms with van der Waals surface area (Å²) in [7, 11) is 1.63. The molecule has 1 unspecified atom stereocenters. The van der Waals surface area contributed by atoms with Crippen LogP contribution in [0.1, 0.15) is 12.0 Å². The highest BCUT2D eigenvalue weighted by Gasteiger charge is 2.27. The summed E-state index contributed by atoms with van der Waals surface area (Å²) in [6.45, 7) is 0.135. The molecule has 2 aromatic carbocycles. The van der Waals surface area contributed by atoms with E-state index in [1.54, 1.807) is 31.5 Å². The molecule has 0 fully saturated rings. The van der Waals surface area contributed by atoms with Crippen molar-refractivity contribution in [2.75, 3.05) is 11.9 Å². The second-order valence-electron chi connectivity index (χ2n) is 5.81. The summed E-state index contributed by atoms with van der Waals surface area (Å²) in [6, 6.07) is 13.8. The number of hydrogen-bond acceptors (Lipinski definition) is 4.